The van der Waals surface area contributed by atoms with Crippen molar-refractivity contribution in [1.29, 1.82) is 0 Å². The van der Waals surface area contributed by atoms with Gasteiger partial charge in [-0.1, -0.05) is 18.2 Å². The molecule has 186 valence electrons. The fraction of sp³-hybridized carbons (Fsp3) is 0.250. The zero-order valence-electron chi connectivity index (χ0n) is 18.3. The number of halogens is 6. The maximum absolute atomic E-state index is 13.2. The Hall–Kier alpha value is -3.60. The molecule has 0 fully saturated rings. The standard InChI is InChI=1S/C24H20F6N2O3/c1-14-2-9-19(12-20(14)35-23(26)27)32(22(34)21(33)15-3-6-17(25)7-4-15)11-10-18-8-5-16(13-31-18)24(28,29)30/h2-9,12-13,21,23,33H,10-11H2,1H3/t21-/m1/s1. The van der Waals surface area contributed by atoms with E-state index in [1.165, 1.54) is 37.3 Å². The predicted octanol–water partition coefficient (Wildman–Crippen LogP) is 5.46. The minimum atomic E-state index is -4.56. The smallest absolute Gasteiger partial charge is 0.417 e. The second-order valence-corrected chi connectivity index (χ2v) is 7.56. The maximum atomic E-state index is 13.2. The first-order chi connectivity index (χ1) is 16.5. The van der Waals surface area contributed by atoms with E-state index in [-0.39, 0.29) is 35.7 Å². The average molecular weight is 498 g/mol. The highest BCUT2D eigenvalue weighted by Gasteiger charge is 2.31. The predicted molar refractivity (Wildman–Crippen MR) is 114 cm³/mol. The largest absolute Gasteiger partial charge is 0.434 e. The van der Waals surface area contributed by atoms with Gasteiger partial charge in [-0.25, -0.2) is 4.39 Å². The molecule has 1 heterocycles. The molecule has 0 bridgehead atoms. The highest BCUT2D eigenvalue weighted by molar-refractivity contribution is 5.97. The first-order valence-corrected chi connectivity index (χ1v) is 10.3. The molecule has 1 amide bonds. The van der Waals surface area contributed by atoms with E-state index in [0.29, 0.717) is 11.8 Å². The molecule has 0 spiro atoms. The Bertz CT molecular complexity index is 1150. The number of aliphatic hydroxyl groups excluding tert-OH is 1. The van der Waals surface area contributed by atoms with Crippen molar-refractivity contribution in [3.63, 3.8) is 0 Å². The van der Waals surface area contributed by atoms with Gasteiger partial charge in [-0.2, -0.15) is 22.0 Å². The van der Waals surface area contributed by atoms with Crippen LogP contribution in [0.5, 0.6) is 5.75 Å². The summed E-state index contributed by atoms with van der Waals surface area (Å²) >= 11 is 0. The number of pyridine rings is 1. The van der Waals surface area contributed by atoms with Crippen LogP contribution in [0, 0.1) is 12.7 Å². The van der Waals surface area contributed by atoms with Crippen LogP contribution in [0.3, 0.4) is 0 Å². The molecule has 0 radical (unpaired) electrons. The number of carbonyl (C=O) groups is 1. The van der Waals surface area contributed by atoms with E-state index in [0.717, 1.165) is 29.2 Å². The van der Waals surface area contributed by atoms with Crippen molar-refractivity contribution in [2.24, 2.45) is 0 Å². The summed E-state index contributed by atoms with van der Waals surface area (Å²) in [5.74, 6) is -1.64. The number of aromatic nitrogens is 1. The molecule has 1 aromatic heterocycles. The number of amides is 1. The van der Waals surface area contributed by atoms with Crippen LogP contribution in [0.25, 0.3) is 0 Å². The van der Waals surface area contributed by atoms with Gasteiger partial charge in [0.2, 0.25) is 0 Å². The molecule has 0 aliphatic rings. The van der Waals surface area contributed by atoms with E-state index in [1.54, 1.807) is 0 Å². The molecule has 3 rings (SSSR count). The van der Waals surface area contributed by atoms with Crippen LogP contribution in [0.4, 0.5) is 32.0 Å². The van der Waals surface area contributed by atoms with Crippen LogP contribution in [-0.2, 0) is 17.4 Å². The molecule has 2 aromatic carbocycles. The van der Waals surface area contributed by atoms with Gasteiger partial charge in [0.05, 0.1) is 5.56 Å². The summed E-state index contributed by atoms with van der Waals surface area (Å²) in [6.07, 6.45) is -5.64. The van der Waals surface area contributed by atoms with E-state index in [2.05, 4.69) is 9.72 Å². The number of hydrogen-bond donors (Lipinski definition) is 1. The van der Waals surface area contributed by atoms with E-state index in [9.17, 15) is 36.2 Å². The molecule has 0 aliphatic carbocycles. The van der Waals surface area contributed by atoms with Crippen LogP contribution < -0.4 is 9.64 Å². The van der Waals surface area contributed by atoms with E-state index in [1.807, 2.05) is 0 Å². The molecule has 0 saturated carbocycles. The summed E-state index contributed by atoms with van der Waals surface area (Å²) in [4.78, 5) is 18.0. The lowest BCUT2D eigenvalue weighted by Crippen LogP contribution is -2.37. The SMILES string of the molecule is Cc1ccc(N(CCc2ccc(C(F)(F)F)cn2)C(=O)[C@H](O)c2ccc(F)cc2)cc1OC(F)F. The Labute approximate surface area is 196 Å². The second-order valence-electron chi connectivity index (χ2n) is 7.56. The quantitative estimate of drug-likeness (QED) is 0.419. The highest BCUT2D eigenvalue weighted by Crippen LogP contribution is 2.30. The molecule has 11 heteroatoms. The Morgan fingerprint density at radius 2 is 1.77 bits per heavy atom. The lowest BCUT2D eigenvalue weighted by Gasteiger charge is -2.26. The maximum Gasteiger partial charge on any atom is 0.417 e. The fourth-order valence-electron chi connectivity index (χ4n) is 3.25. The van der Waals surface area contributed by atoms with E-state index < -0.39 is 36.2 Å². The molecule has 0 saturated heterocycles. The van der Waals surface area contributed by atoms with Gasteiger partial charge in [-0.15, -0.1) is 0 Å². The van der Waals surface area contributed by atoms with Crippen molar-refractivity contribution < 1.29 is 41.0 Å². The zero-order valence-corrected chi connectivity index (χ0v) is 18.3. The first kappa shape index (κ1) is 26.0. The van der Waals surface area contributed by atoms with Crippen molar-refractivity contribution in [2.75, 3.05) is 11.4 Å². The Morgan fingerprint density at radius 1 is 1.09 bits per heavy atom. The fourth-order valence-corrected chi connectivity index (χ4v) is 3.25. The summed E-state index contributed by atoms with van der Waals surface area (Å²) in [7, 11) is 0. The number of rotatable bonds is 8. The van der Waals surface area contributed by atoms with Crippen LogP contribution in [0.2, 0.25) is 0 Å². The molecule has 5 nitrogen and oxygen atoms in total. The number of nitrogens with zero attached hydrogens (tertiary/aromatic N) is 2. The molecule has 35 heavy (non-hydrogen) atoms. The molecule has 0 unspecified atom stereocenters. The molecule has 3 aromatic rings. The van der Waals surface area contributed by atoms with Gasteiger partial charge in [-0.3, -0.25) is 9.78 Å². The summed E-state index contributed by atoms with van der Waals surface area (Å²) in [6, 6.07) is 10.6. The normalized spacial score (nSPS) is 12.5. The van der Waals surface area contributed by atoms with Crippen LogP contribution in [0.15, 0.2) is 60.8 Å². The van der Waals surface area contributed by atoms with Crippen LogP contribution in [0.1, 0.15) is 28.5 Å². The Morgan fingerprint density at radius 3 is 2.34 bits per heavy atom. The third-order valence-corrected chi connectivity index (χ3v) is 5.13. The molecular weight excluding hydrogens is 478 g/mol. The highest BCUT2D eigenvalue weighted by atomic mass is 19.4. The van der Waals surface area contributed by atoms with Gasteiger partial charge in [0.15, 0.2) is 6.10 Å². The Balaban J connectivity index is 1.90. The number of benzene rings is 2. The van der Waals surface area contributed by atoms with Crippen molar-refractivity contribution >= 4 is 11.6 Å². The second kappa shape index (κ2) is 10.8. The van der Waals surface area contributed by atoms with Gasteiger partial charge in [-0.05, 0) is 48.4 Å². The van der Waals surface area contributed by atoms with E-state index >= 15 is 0 Å². The lowest BCUT2D eigenvalue weighted by molar-refractivity contribution is -0.137. The molecular formula is C24H20F6N2O3. The number of hydrogen-bond acceptors (Lipinski definition) is 4. The first-order valence-electron chi connectivity index (χ1n) is 10.3. The minimum Gasteiger partial charge on any atom is -0.434 e. The van der Waals surface area contributed by atoms with Crippen molar-refractivity contribution in [3.8, 4) is 5.75 Å². The number of ether oxygens (including phenoxy) is 1. The van der Waals surface area contributed by atoms with Gasteiger partial charge in [0.25, 0.3) is 5.91 Å². The number of aryl methyl sites for hydroxylation is 1. The number of aliphatic hydroxyl groups is 1. The minimum absolute atomic E-state index is 0.0150. The van der Waals surface area contributed by atoms with Gasteiger partial charge >= 0.3 is 12.8 Å². The number of carbonyl (C=O) groups excluding carboxylic acids is 1. The third kappa shape index (κ3) is 6.72. The van der Waals surface area contributed by atoms with Gasteiger partial charge < -0.3 is 14.7 Å². The average Bonchev–Trinajstić information content (AvgIpc) is 2.80. The number of alkyl halides is 5. The van der Waals surface area contributed by atoms with E-state index in [4.69, 9.17) is 0 Å². The van der Waals surface area contributed by atoms with Crippen molar-refractivity contribution in [3.05, 3.63) is 89.0 Å². The zero-order chi connectivity index (χ0) is 25.8. The van der Waals surface area contributed by atoms with Gasteiger partial charge in [0, 0.05) is 36.6 Å². The summed E-state index contributed by atoms with van der Waals surface area (Å²) < 4.78 is 81.7. The van der Waals surface area contributed by atoms with Crippen molar-refractivity contribution in [1.82, 2.24) is 4.98 Å². The number of anilines is 1. The topological polar surface area (TPSA) is 62.7 Å². The van der Waals surface area contributed by atoms with Crippen molar-refractivity contribution in [2.45, 2.75) is 32.2 Å². The monoisotopic (exact) mass is 498 g/mol. The summed E-state index contributed by atoms with van der Waals surface area (Å²) in [6.45, 7) is -1.76. The molecule has 0 aliphatic heterocycles. The Kier molecular flexibility index (Phi) is 8.00. The van der Waals surface area contributed by atoms with Crippen LogP contribution >= 0.6 is 0 Å². The summed E-state index contributed by atoms with van der Waals surface area (Å²) in [5.41, 5.74) is -0.157. The van der Waals surface area contributed by atoms with Gasteiger partial charge in [0.1, 0.15) is 11.6 Å². The summed E-state index contributed by atoms with van der Waals surface area (Å²) in [5, 5.41) is 10.6. The molecule has 1 atom stereocenters. The third-order valence-electron chi connectivity index (χ3n) is 5.13. The van der Waals surface area contributed by atoms with Crippen LogP contribution in [-0.4, -0.2) is 29.2 Å². The lowest BCUT2D eigenvalue weighted by atomic mass is 10.1. The molecule has 1 N–H and O–H groups in total.